The Bertz CT molecular complexity index is 832. The van der Waals surface area contributed by atoms with Gasteiger partial charge in [-0.3, -0.25) is 4.79 Å². The second-order valence-corrected chi connectivity index (χ2v) is 8.81. The van der Waals surface area contributed by atoms with E-state index < -0.39 is 0 Å². The van der Waals surface area contributed by atoms with Crippen LogP contribution in [0.2, 0.25) is 0 Å². The summed E-state index contributed by atoms with van der Waals surface area (Å²) in [7, 11) is 1.62. The number of amides is 1. The first-order chi connectivity index (χ1) is 14.5. The fraction of sp³-hybridized carbons (Fsp3) is 0.565. The summed E-state index contributed by atoms with van der Waals surface area (Å²) >= 11 is 1.46. The molecule has 30 heavy (non-hydrogen) atoms. The van der Waals surface area contributed by atoms with Crippen LogP contribution in [0.15, 0.2) is 23.6 Å². The van der Waals surface area contributed by atoms with Crippen LogP contribution in [0.4, 0.5) is 0 Å². The molecular formula is C23H32N2O4S. The molecule has 0 radical (unpaired) electrons. The Labute approximate surface area is 182 Å². The Hall–Kier alpha value is -2.12. The molecule has 164 valence electrons. The lowest BCUT2D eigenvalue weighted by Gasteiger charge is -2.31. The van der Waals surface area contributed by atoms with Crippen LogP contribution in [0.3, 0.4) is 0 Å². The molecule has 2 aromatic rings. The van der Waals surface area contributed by atoms with E-state index in [-0.39, 0.29) is 24.5 Å². The van der Waals surface area contributed by atoms with E-state index in [9.17, 15) is 9.90 Å². The highest BCUT2D eigenvalue weighted by atomic mass is 32.1. The van der Waals surface area contributed by atoms with Crippen molar-refractivity contribution in [2.45, 2.75) is 71.8 Å². The molecule has 1 aliphatic rings. The average Bonchev–Trinajstić information content (AvgIpc) is 3.47. The van der Waals surface area contributed by atoms with E-state index in [0.29, 0.717) is 30.3 Å². The standard InChI is InChI=1S/C23H32N2O4S/c1-4-16(2)25(23(27)18-7-5-6-8-18)12-17-9-10-20(28-3)21(11-17)29-14-22-24-19(13-26)15-30-22/h9-11,15-16,18,26H,4-8,12-14H2,1-3H3. The summed E-state index contributed by atoms with van der Waals surface area (Å²) in [6, 6.07) is 6.03. The zero-order chi connectivity index (χ0) is 21.5. The predicted octanol–water partition coefficient (Wildman–Crippen LogP) is 4.54. The van der Waals surface area contributed by atoms with Gasteiger partial charge in [-0.25, -0.2) is 4.98 Å². The number of nitrogens with zero attached hydrogens (tertiary/aromatic N) is 2. The number of aliphatic hydroxyl groups excluding tert-OH is 1. The van der Waals surface area contributed by atoms with Crippen LogP contribution in [0, 0.1) is 5.92 Å². The van der Waals surface area contributed by atoms with E-state index in [1.807, 2.05) is 28.5 Å². The molecule has 0 aliphatic heterocycles. The Morgan fingerprint density at radius 1 is 1.33 bits per heavy atom. The molecule has 1 N–H and O–H groups in total. The number of aliphatic hydroxyl groups is 1. The maximum absolute atomic E-state index is 13.1. The fourth-order valence-corrected chi connectivity index (χ4v) is 4.53. The molecule has 1 fully saturated rings. The molecule has 7 heteroatoms. The molecular weight excluding hydrogens is 400 g/mol. The third-order valence-corrected chi connectivity index (χ3v) is 6.67. The number of hydrogen-bond acceptors (Lipinski definition) is 6. The topological polar surface area (TPSA) is 71.9 Å². The van der Waals surface area contributed by atoms with Gasteiger partial charge in [0.1, 0.15) is 11.6 Å². The van der Waals surface area contributed by atoms with Crippen molar-refractivity contribution < 1.29 is 19.4 Å². The first kappa shape index (κ1) is 22.6. The highest BCUT2D eigenvalue weighted by molar-refractivity contribution is 7.09. The van der Waals surface area contributed by atoms with Gasteiger partial charge in [-0.15, -0.1) is 11.3 Å². The minimum absolute atomic E-state index is 0.0736. The van der Waals surface area contributed by atoms with E-state index in [2.05, 4.69) is 18.8 Å². The van der Waals surface area contributed by atoms with Crippen LogP contribution < -0.4 is 9.47 Å². The third-order valence-electron chi connectivity index (χ3n) is 5.80. The van der Waals surface area contributed by atoms with Crippen molar-refractivity contribution >= 4 is 17.2 Å². The van der Waals surface area contributed by atoms with Gasteiger partial charge in [0.25, 0.3) is 0 Å². The van der Waals surface area contributed by atoms with Crippen molar-refractivity contribution in [2.24, 2.45) is 5.92 Å². The number of benzene rings is 1. The molecule has 1 amide bonds. The Balaban J connectivity index is 1.74. The van der Waals surface area contributed by atoms with Crippen molar-refractivity contribution in [2.75, 3.05) is 7.11 Å². The number of rotatable bonds is 10. The zero-order valence-electron chi connectivity index (χ0n) is 18.1. The second kappa shape index (κ2) is 10.8. The van der Waals surface area contributed by atoms with Gasteiger partial charge in [-0.05, 0) is 43.9 Å². The van der Waals surface area contributed by atoms with E-state index in [1.165, 1.54) is 11.3 Å². The molecule has 1 aromatic carbocycles. The fourth-order valence-electron chi connectivity index (χ4n) is 3.83. The van der Waals surface area contributed by atoms with E-state index in [1.54, 1.807) is 7.11 Å². The summed E-state index contributed by atoms with van der Waals surface area (Å²) in [6.07, 6.45) is 5.24. The van der Waals surface area contributed by atoms with Crippen LogP contribution in [0.5, 0.6) is 11.5 Å². The first-order valence-corrected chi connectivity index (χ1v) is 11.6. The highest BCUT2D eigenvalue weighted by Gasteiger charge is 2.29. The number of hydrogen-bond donors (Lipinski definition) is 1. The molecule has 1 aromatic heterocycles. The summed E-state index contributed by atoms with van der Waals surface area (Å²) in [5.41, 5.74) is 1.67. The monoisotopic (exact) mass is 432 g/mol. The minimum Gasteiger partial charge on any atom is -0.493 e. The number of ether oxygens (including phenoxy) is 2. The van der Waals surface area contributed by atoms with Gasteiger partial charge in [0, 0.05) is 23.9 Å². The SMILES string of the molecule is CCC(C)N(Cc1ccc(OC)c(OCc2nc(CO)cs2)c1)C(=O)C1CCCC1. The van der Waals surface area contributed by atoms with Crippen LogP contribution >= 0.6 is 11.3 Å². The van der Waals surface area contributed by atoms with Crippen molar-refractivity contribution in [1.82, 2.24) is 9.88 Å². The van der Waals surface area contributed by atoms with Gasteiger partial charge < -0.3 is 19.5 Å². The van der Waals surface area contributed by atoms with Gasteiger partial charge in [0.05, 0.1) is 19.4 Å². The number of carbonyl (C=O) groups is 1. The number of aromatic nitrogens is 1. The van der Waals surface area contributed by atoms with Crippen molar-refractivity contribution in [3.63, 3.8) is 0 Å². The van der Waals surface area contributed by atoms with E-state index in [0.717, 1.165) is 42.7 Å². The molecule has 0 saturated heterocycles. The Kier molecular flexibility index (Phi) is 8.10. The largest absolute Gasteiger partial charge is 0.493 e. The lowest BCUT2D eigenvalue weighted by molar-refractivity contribution is -0.138. The second-order valence-electron chi connectivity index (χ2n) is 7.87. The van der Waals surface area contributed by atoms with Gasteiger partial charge in [-0.1, -0.05) is 25.8 Å². The van der Waals surface area contributed by atoms with Crippen molar-refractivity contribution in [3.8, 4) is 11.5 Å². The number of thiazole rings is 1. The maximum Gasteiger partial charge on any atom is 0.226 e. The number of methoxy groups -OCH3 is 1. The van der Waals surface area contributed by atoms with E-state index in [4.69, 9.17) is 9.47 Å². The van der Waals surface area contributed by atoms with Crippen LogP contribution in [0.25, 0.3) is 0 Å². The molecule has 1 unspecified atom stereocenters. The molecule has 0 bridgehead atoms. The average molecular weight is 433 g/mol. The molecule has 6 nitrogen and oxygen atoms in total. The van der Waals surface area contributed by atoms with Crippen molar-refractivity contribution in [3.05, 3.63) is 39.8 Å². The summed E-state index contributed by atoms with van der Waals surface area (Å²) in [4.78, 5) is 19.5. The third kappa shape index (κ3) is 5.52. The lowest BCUT2D eigenvalue weighted by Crippen LogP contribution is -2.40. The van der Waals surface area contributed by atoms with Gasteiger partial charge in [0.15, 0.2) is 11.5 Å². The summed E-state index contributed by atoms with van der Waals surface area (Å²) < 4.78 is 11.4. The van der Waals surface area contributed by atoms with E-state index >= 15 is 0 Å². The Morgan fingerprint density at radius 3 is 2.73 bits per heavy atom. The maximum atomic E-state index is 13.1. The molecule has 1 atom stereocenters. The smallest absolute Gasteiger partial charge is 0.226 e. The van der Waals surface area contributed by atoms with Gasteiger partial charge in [-0.2, -0.15) is 0 Å². The molecule has 1 aliphatic carbocycles. The predicted molar refractivity (Wildman–Crippen MR) is 118 cm³/mol. The lowest BCUT2D eigenvalue weighted by atomic mass is 10.0. The van der Waals surface area contributed by atoms with Crippen molar-refractivity contribution in [1.29, 1.82) is 0 Å². The molecule has 1 saturated carbocycles. The quantitative estimate of drug-likeness (QED) is 0.597. The zero-order valence-corrected chi connectivity index (χ0v) is 18.9. The van der Waals surface area contributed by atoms with Crippen LogP contribution in [-0.2, 0) is 24.6 Å². The van der Waals surface area contributed by atoms with Gasteiger partial charge >= 0.3 is 0 Å². The van der Waals surface area contributed by atoms with Gasteiger partial charge in [0.2, 0.25) is 5.91 Å². The molecule has 0 spiro atoms. The molecule has 1 heterocycles. The summed E-state index contributed by atoms with van der Waals surface area (Å²) in [6.45, 7) is 5.04. The first-order valence-electron chi connectivity index (χ1n) is 10.7. The summed E-state index contributed by atoms with van der Waals surface area (Å²) in [5.74, 6) is 1.72. The molecule has 3 rings (SSSR count). The summed E-state index contributed by atoms with van der Waals surface area (Å²) in [5, 5.41) is 11.8. The number of carbonyl (C=O) groups excluding carboxylic acids is 1. The normalized spacial score (nSPS) is 15.2. The van der Waals surface area contributed by atoms with Crippen LogP contribution in [-0.4, -0.2) is 34.0 Å². The van der Waals surface area contributed by atoms with Crippen LogP contribution in [0.1, 0.15) is 62.2 Å². The highest BCUT2D eigenvalue weighted by Crippen LogP contribution is 2.32. The minimum atomic E-state index is -0.0736. The Morgan fingerprint density at radius 2 is 2.10 bits per heavy atom.